The van der Waals surface area contributed by atoms with Gasteiger partial charge >= 0.3 is 6.03 Å². The molecule has 0 aromatic heterocycles. The van der Waals surface area contributed by atoms with Crippen molar-refractivity contribution in [3.8, 4) is 0 Å². The molecule has 4 amide bonds. The number of barbiturate groups is 1. The van der Waals surface area contributed by atoms with E-state index in [1.54, 1.807) is 0 Å². The van der Waals surface area contributed by atoms with Crippen molar-refractivity contribution in [1.82, 2.24) is 10.6 Å². The minimum absolute atomic E-state index is 0.220. The molecule has 0 radical (unpaired) electrons. The number of nitrogens with two attached hydrogens (primary N) is 1. The first-order valence-electron chi connectivity index (χ1n) is 10.2. The predicted molar refractivity (Wildman–Crippen MR) is 111 cm³/mol. The minimum Gasteiger partial charge on any atom is -0.399 e. The lowest BCUT2D eigenvalue weighted by molar-refractivity contribution is -0.917. The van der Waals surface area contributed by atoms with Gasteiger partial charge in [0.05, 0.1) is 19.6 Å². The normalized spacial score (nSPS) is 24.7. The van der Waals surface area contributed by atoms with Gasteiger partial charge in [0.25, 0.3) is 0 Å². The number of urea groups is 1. The summed E-state index contributed by atoms with van der Waals surface area (Å²) in [5.74, 6) is -1.06. The highest BCUT2D eigenvalue weighted by atomic mass is 16.2. The van der Waals surface area contributed by atoms with Gasteiger partial charge in [-0.25, -0.2) is 4.79 Å². The number of nitrogens with zero attached hydrogens (tertiary/aromatic N) is 1. The van der Waals surface area contributed by atoms with Crippen molar-refractivity contribution < 1.29 is 19.3 Å². The molecule has 0 bridgehead atoms. The largest absolute Gasteiger partial charge is 0.399 e. The number of hydrogen-bond donors (Lipinski definition) is 4. The first-order valence-corrected chi connectivity index (χ1v) is 10.2. The van der Waals surface area contributed by atoms with Crippen LogP contribution in [0.15, 0.2) is 48.5 Å². The molecule has 3 aliphatic rings. The number of amides is 4. The molecular weight excluding hydrogens is 382 g/mol. The quantitative estimate of drug-likeness (QED) is 0.395. The average molecular weight is 406 g/mol. The van der Waals surface area contributed by atoms with Crippen molar-refractivity contribution in [2.45, 2.75) is 19.0 Å². The number of anilines is 2. The zero-order chi connectivity index (χ0) is 20.9. The summed E-state index contributed by atoms with van der Waals surface area (Å²) in [6, 6.07) is 14.7. The number of rotatable bonds is 2. The fourth-order valence-electron chi connectivity index (χ4n) is 5.17. The van der Waals surface area contributed by atoms with Gasteiger partial charge in [-0.05, 0) is 23.8 Å². The smallest absolute Gasteiger partial charge is 0.328 e. The van der Waals surface area contributed by atoms with Gasteiger partial charge in [0, 0.05) is 23.4 Å². The lowest BCUT2D eigenvalue weighted by Gasteiger charge is -2.52. The van der Waals surface area contributed by atoms with Crippen LogP contribution in [0.3, 0.4) is 0 Å². The Morgan fingerprint density at radius 3 is 2.53 bits per heavy atom. The van der Waals surface area contributed by atoms with Crippen LogP contribution in [0.1, 0.15) is 11.1 Å². The molecule has 8 nitrogen and oxygen atoms in total. The number of quaternary nitrogens is 1. The topological polar surface area (TPSA) is 109 Å². The van der Waals surface area contributed by atoms with E-state index in [0.717, 1.165) is 24.3 Å². The summed E-state index contributed by atoms with van der Waals surface area (Å²) in [6.07, 6.45) is 0.220. The number of carbonyl (C=O) groups excluding carboxylic acids is 3. The Labute approximate surface area is 174 Å². The van der Waals surface area contributed by atoms with Crippen molar-refractivity contribution in [3.05, 3.63) is 59.7 Å². The molecule has 5 N–H and O–H groups in total. The van der Waals surface area contributed by atoms with E-state index >= 15 is 0 Å². The fraction of sp³-hybridized carbons (Fsp3) is 0.318. The Bertz CT molecular complexity index is 1020. The standard InChI is InChI=1S/C22H23N5O3/c23-16-6-7-17-15(10-16)11-22(19(28)24-21(30)25-20(22)29)18-13-26(8-9-27(17)18)12-14-4-2-1-3-5-14/h1-7,10,18H,8-9,11-13,23H2,(H2,24,25,28,29,30)/p+1/t18-/m1/s1. The highest BCUT2D eigenvalue weighted by Crippen LogP contribution is 2.43. The fourth-order valence-corrected chi connectivity index (χ4v) is 5.17. The van der Waals surface area contributed by atoms with Crippen LogP contribution in [0.4, 0.5) is 16.2 Å². The van der Waals surface area contributed by atoms with Crippen LogP contribution in [0.2, 0.25) is 0 Å². The van der Waals surface area contributed by atoms with Crippen molar-refractivity contribution in [1.29, 1.82) is 0 Å². The molecule has 0 aliphatic carbocycles. The molecule has 5 rings (SSSR count). The molecule has 2 aromatic carbocycles. The number of carbonyl (C=O) groups is 3. The first-order chi connectivity index (χ1) is 14.5. The maximum Gasteiger partial charge on any atom is 0.328 e. The summed E-state index contributed by atoms with van der Waals surface area (Å²) in [6.45, 7) is 3.03. The van der Waals surface area contributed by atoms with Gasteiger partial charge in [-0.1, -0.05) is 30.3 Å². The number of benzene rings is 2. The highest BCUT2D eigenvalue weighted by molar-refractivity contribution is 6.20. The lowest BCUT2D eigenvalue weighted by Crippen LogP contribution is -3.15. The Morgan fingerprint density at radius 1 is 1.07 bits per heavy atom. The lowest BCUT2D eigenvalue weighted by atomic mass is 9.68. The van der Waals surface area contributed by atoms with Crippen molar-refractivity contribution in [3.63, 3.8) is 0 Å². The van der Waals surface area contributed by atoms with E-state index in [2.05, 4.69) is 27.7 Å². The molecule has 2 saturated heterocycles. The molecule has 3 heterocycles. The molecule has 8 heteroatoms. The first kappa shape index (κ1) is 18.6. The van der Waals surface area contributed by atoms with Crippen LogP contribution in [0, 0.1) is 5.41 Å². The minimum atomic E-state index is -1.36. The van der Waals surface area contributed by atoms with E-state index < -0.39 is 23.3 Å². The molecule has 1 spiro atoms. The number of nitrogens with one attached hydrogen (secondary N) is 3. The molecule has 0 saturated carbocycles. The van der Waals surface area contributed by atoms with Crippen LogP contribution in [-0.4, -0.2) is 43.5 Å². The summed E-state index contributed by atoms with van der Waals surface area (Å²) in [5, 5.41) is 4.67. The molecular formula is C22H24N5O3+. The van der Waals surface area contributed by atoms with Gasteiger partial charge in [0.15, 0.2) is 5.41 Å². The van der Waals surface area contributed by atoms with Gasteiger partial charge in [0.2, 0.25) is 11.8 Å². The number of fused-ring (bicyclic) bond motifs is 4. The summed E-state index contributed by atoms with van der Waals surface area (Å²) >= 11 is 0. The van der Waals surface area contributed by atoms with Crippen LogP contribution >= 0.6 is 0 Å². The zero-order valence-electron chi connectivity index (χ0n) is 16.5. The molecule has 2 aromatic rings. The SMILES string of the molecule is Nc1ccc2c(c1)CC1(C(=O)NC(=O)NC1=O)[C@H]1C[NH+](Cc3ccccc3)CCN21. The van der Waals surface area contributed by atoms with Crippen LogP contribution < -0.4 is 26.2 Å². The molecule has 1 unspecified atom stereocenters. The van der Waals surface area contributed by atoms with E-state index in [-0.39, 0.29) is 12.5 Å². The van der Waals surface area contributed by atoms with Crippen LogP contribution in [-0.2, 0) is 22.6 Å². The van der Waals surface area contributed by atoms with Gasteiger partial charge in [-0.15, -0.1) is 0 Å². The summed E-state index contributed by atoms with van der Waals surface area (Å²) in [7, 11) is 0. The van der Waals surface area contributed by atoms with E-state index in [1.165, 1.54) is 10.5 Å². The number of hydrogen-bond acceptors (Lipinski definition) is 5. The summed E-state index contributed by atoms with van der Waals surface area (Å²) < 4.78 is 0. The maximum atomic E-state index is 13.1. The van der Waals surface area contributed by atoms with E-state index in [9.17, 15) is 14.4 Å². The third kappa shape index (κ3) is 2.83. The number of imide groups is 2. The predicted octanol–water partition coefficient (Wildman–Crippen LogP) is -0.549. The zero-order valence-corrected chi connectivity index (χ0v) is 16.5. The molecule has 154 valence electrons. The summed E-state index contributed by atoms with van der Waals surface area (Å²) in [4.78, 5) is 41.5. The van der Waals surface area contributed by atoms with Crippen molar-refractivity contribution in [2.24, 2.45) is 5.41 Å². The second-order valence-corrected chi connectivity index (χ2v) is 8.35. The Morgan fingerprint density at radius 2 is 1.80 bits per heavy atom. The Balaban J connectivity index is 1.55. The van der Waals surface area contributed by atoms with Crippen LogP contribution in [0.25, 0.3) is 0 Å². The number of nitrogen functional groups attached to an aromatic ring is 1. The van der Waals surface area contributed by atoms with E-state index in [1.807, 2.05) is 36.4 Å². The monoisotopic (exact) mass is 406 g/mol. The van der Waals surface area contributed by atoms with Gasteiger partial charge in [0.1, 0.15) is 12.6 Å². The molecule has 30 heavy (non-hydrogen) atoms. The van der Waals surface area contributed by atoms with Crippen LogP contribution in [0.5, 0.6) is 0 Å². The summed E-state index contributed by atoms with van der Waals surface area (Å²) in [5.41, 5.74) is 8.30. The van der Waals surface area contributed by atoms with Crippen molar-refractivity contribution >= 4 is 29.2 Å². The maximum absolute atomic E-state index is 13.1. The Kier molecular flexibility index (Phi) is 4.25. The van der Waals surface area contributed by atoms with Crippen molar-refractivity contribution in [2.75, 3.05) is 30.3 Å². The Hall–Kier alpha value is -3.39. The van der Waals surface area contributed by atoms with Gasteiger partial charge in [-0.3, -0.25) is 20.2 Å². The van der Waals surface area contributed by atoms with E-state index in [4.69, 9.17) is 5.73 Å². The average Bonchev–Trinajstić information content (AvgIpc) is 2.72. The molecule has 2 fully saturated rings. The molecule has 3 aliphatic heterocycles. The third-order valence-electron chi connectivity index (χ3n) is 6.58. The number of piperazine rings is 1. The highest BCUT2D eigenvalue weighted by Gasteiger charge is 2.61. The van der Waals surface area contributed by atoms with E-state index in [0.29, 0.717) is 18.8 Å². The molecule has 2 atom stereocenters. The van der Waals surface area contributed by atoms with Gasteiger partial charge in [-0.2, -0.15) is 0 Å². The van der Waals surface area contributed by atoms with Gasteiger partial charge < -0.3 is 15.5 Å². The second-order valence-electron chi connectivity index (χ2n) is 8.35. The third-order valence-corrected chi connectivity index (χ3v) is 6.58. The second kappa shape index (κ2) is 6.84.